The lowest BCUT2D eigenvalue weighted by Gasteiger charge is -2.16. The summed E-state index contributed by atoms with van der Waals surface area (Å²) < 4.78 is 0. The van der Waals surface area contributed by atoms with Gasteiger partial charge in [0, 0.05) is 16.5 Å². The summed E-state index contributed by atoms with van der Waals surface area (Å²) in [6, 6.07) is 15.9. The van der Waals surface area contributed by atoms with E-state index < -0.39 is 0 Å². The first-order chi connectivity index (χ1) is 8.81. The molecule has 2 aromatic carbocycles. The maximum atomic E-state index is 5.96. The van der Waals surface area contributed by atoms with Crippen LogP contribution in [0.25, 0.3) is 0 Å². The Morgan fingerprint density at radius 2 is 2.00 bits per heavy atom. The van der Waals surface area contributed by atoms with E-state index in [1.165, 1.54) is 5.56 Å². The van der Waals surface area contributed by atoms with Gasteiger partial charge in [0.05, 0.1) is 5.69 Å². The normalized spacial score (nSPS) is 13.7. The molecular formula is C14H11ClN2S. The molecule has 0 bridgehead atoms. The predicted octanol–water partition coefficient (Wildman–Crippen LogP) is 4.69. The second kappa shape index (κ2) is 5.04. The van der Waals surface area contributed by atoms with Gasteiger partial charge in [-0.3, -0.25) is 0 Å². The van der Waals surface area contributed by atoms with Crippen LogP contribution in [0.4, 0.5) is 11.4 Å². The van der Waals surface area contributed by atoms with Gasteiger partial charge in [0.15, 0.2) is 5.17 Å². The molecule has 0 saturated carbocycles. The summed E-state index contributed by atoms with van der Waals surface area (Å²) in [4.78, 5) is 4.60. The number of fused-ring (bicyclic) bond motifs is 1. The molecule has 1 aliphatic rings. The SMILES string of the molecule is Clc1cccc(NC2=Nc3ccccc3CS2)c1. The summed E-state index contributed by atoms with van der Waals surface area (Å²) in [6.45, 7) is 0. The molecule has 0 saturated heterocycles. The molecule has 18 heavy (non-hydrogen) atoms. The number of aliphatic imine (C=N–C) groups is 1. The molecule has 0 fully saturated rings. The lowest BCUT2D eigenvalue weighted by atomic mass is 10.2. The van der Waals surface area contributed by atoms with E-state index >= 15 is 0 Å². The topological polar surface area (TPSA) is 24.4 Å². The Balaban J connectivity index is 1.85. The van der Waals surface area contributed by atoms with Crippen molar-refractivity contribution in [3.8, 4) is 0 Å². The summed E-state index contributed by atoms with van der Waals surface area (Å²) in [5.41, 5.74) is 3.29. The highest BCUT2D eigenvalue weighted by molar-refractivity contribution is 8.13. The van der Waals surface area contributed by atoms with Gasteiger partial charge in [0.25, 0.3) is 0 Å². The van der Waals surface area contributed by atoms with E-state index in [1.807, 2.05) is 42.5 Å². The number of rotatable bonds is 1. The first-order valence-corrected chi connectivity index (χ1v) is 6.99. The van der Waals surface area contributed by atoms with Crippen LogP contribution in [-0.4, -0.2) is 5.17 Å². The van der Waals surface area contributed by atoms with Crippen LogP contribution >= 0.6 is 23.4 Å². The zero-order valence-electron chi connectivity index (χ0n) is 9.56. The maximum Gasteiger partial charge on any atom is 0.166 e. The largest absolute Gasteiger partial charge is 0.335 e. The van der Waals surface area contributed by atoms with E-state index in [9.17, 15) is 0 Å². The van der Waals surface area contributed by atoms with Gasteiger partial charge in [0.1, 0.15) is 0 Å². The molecule has 0 spiro atoms. The van der Waals surface area contributed by atoms with Crippen molar-refractivity contribution in [1.82, 2.24) is 0 Å². The molecule has 2 aromatic rings. The lowest BCUT2D eigenvalue weighted by Crippen LogP contribution is -2.10. The summed E-state index contributed by atoms with van der Waals surface area (Å²) in [7, 11) is 0. The van der Waals surface area contributed by atoms with Crippen LogP contribution in [0.5, 0.6) is 0 Å². The standard InChI is InChI=1S/C14H11ClN2S/c15-11-5-3-6-12(8-11)16-14-17-13-7-2-1-4-10(13)9-18-14/h1-8H,9H2,(H,16,17). The van der Waals surface area contributed by atoms with Gasteiger partial charge in [-0.05, 0) is 29.8 Å². The van der Waals surface area contributed by atoms with Crippen LogP contribution in [0.2, 0.25) is 5.02 Å². The zero-order chi connectivity index (χ0) is 12.4. The van der Waals surface area contributed by atoms with Crippen molar-refractivity contribution in [1.29, 1.82) is 0 Å². The highest BCUT2D eigenvalue weighted by atomic mass is 35.5. The monoisotopic (exact) mass is 274 g/mol. The number of benzene rings is 2. The van der Waals surface area contributed by atoms with E-state index in [0.717, 1.165) is 27.3 Å². The van der Waals surface area contributed by atoms with Crippen molar-refractivity contribution >= 4 is 39.9 Å². The van der Waals surface area contributed by atoms with E-state index in [4.69, 9.17) is 11.6 Å². The van der Waals surface area contributed by atoms with Gasteiger partial charge in [-0.2, -0.15) is 0 Å². The molecule has 3 rings (SSSR count). The molecule has 0 unspecified atom stereocenters. The van der Waals surface area contributed by atoms with Gasteiger partial charge in [-0.1, -0.05) is 47.6 Å². The number of amidine groups is 1. The average molecular weight is 275 g/mol. The molecule has 1 heterocycles. The number of thioether (sulfide) groups is 1. The molecule has 0 atom stereocenters. The molecule has 0 aromatic heterocycles. The van der Waals surface area contributed by atoms with Crippen molar-refractivity contribution < 1.29 is 0 Å². The van der Waals surface area contributed by atoms with Crippen molar-refractivity contribution in [3.05, 3.63) is 59.1 Å². The summed E-state index contributed by atoms with van der Waals surface area (Å²) in [5, 5.41) is 4.93. The summed E-state index contributed by atoms with van der Waals surface area (Å²) >= 11 is 7.66. The van der Waals surface area contributed by atoms with Crippen molar-refractivity contribution in [2.24, 2.45) is 4.99 Å². The minimum Gasteiger partial charge on any atom is -0.335 e. The number of anilines is 1. The minimum atomic E-state index is 0.724. The van der Waals surface area contributed by atoms with Gasteiger partial charge in [0.2, 0.25) is 0 Å². The van der Waals surface area contributed by atoms with Crippen molar-refractivity contribution in [3.63, 3.8) is 0 Å². The third-order valence-corrected chi connectivity index (χ3v) is 3.81. The fourth-order valence-electron chi connectivity index (χ4n) is 1.78. The fourth-order valence-corrected chi connectivity index (χ4v) is 2.86. The molecule has 90 valence electrons. The average Bonchev–Trinajstić information content (AvgIpc) is 2.39. The summed E-state index contributed by atoms with van der Waals surface area (Å²) in [6.07, 6.45) is 0. The third kappa shape index (κ3) is 2.52. The van der Waals surface area contributed by atoms with Crippen molar-refractivity contribution in [2.75, 3.05) is 5.32 Å². The molecule has 1 aliphatic heterocycles. The highest BCUT2D eigenvalue weighted by Gasteiger charge is 2.11. The van der Waals surface area contributed by atoms with Gasteiger partial charge in [-0.15, -0.1) is 0 Å². The molecule has 0 radical (unpaired) electrons. The van der Waals surface area contributed by atoms with E-state index in [0.29, 0.717) is 0 Å². The first kappa shape index (κ1) is 11.6. The van der Waals surface area contributed by atoms with Crippen molar-refractivity contribution in [2.45, 2.75) is 5.75 Å². The number of para-hydroxylation sites is 1. The molecule has 4 heteroatoms. The maximum absolute atomic E-state index is 5.96. The van der Waals surface area contributed by atoms with Crippen LogP contribution in [0.15, 0.2) is 53.5 Å². The molecular weight excluding hydrogens is 264 g/mol. The molecule has 1 N–H and O–H groups in total. The van der Waals surface area contributed by atoms with Crippen LogP contribution in [0, 0.1) is 0 Å². The predicted molar refractivity (Wildman–Crippen MR) is 79.9 cm³/mol. The Morgan fingerprint density at radius 1 is 1.11 bits per heavy atom. The Labute approximate surface area is 115 Å². The number of nitrogens with zero attached hydrogens (tertiary/aromatic N) is 1. The van der Waals surface area contributed by atoms with Gasteiger partial charge >= 0.3 is 0 Å². The van der Waals surface area contributed by atoms with Crippen LogP contribution < -0.4 is 5.32 Å². The Kier molecular flexibility index (Phi) is 3.26. The highest BCUT2D eigenvalue weighted by Crippen LogP contribution is 2.31. The van der Waals surface area contributed by atoms with E-state index in [2.05, 4.69) is 16.4 Å². The van der Waals surface area contributed by atoms with E-state index in [1.54, 1.807) is 11.8 Å². The first-order valence-electron chi connectivity index (χ1n) is 5.63. The van der Waals surface area contributed by atoms with Crippen LogP contribution in [-0.2, 0) is 5.75 Å². The minimum absolute atomic E-state index is 0.724. The smallest absolute Gasteiger partial charge is 0.166 e. The quantitative estimate of drug-likeness (QED) is 0.816. The van der Waals surface area contributed by atoms with E-state index in [-0.39, 0.29) is 0 Å². The van der Waals surface area contributed by atoms with Crippen LogP contribution in [0.3, 0.4) is 0 Å². The third-order valence-electron chi connectivity index (χ3n) is 2.65. The van der Waals surface area contributed by atoms with Gasteiger partial charge < -0.3 is 5.32 Å². The van der Waals surface area contributed by atoms with Gasteiger partial charge in [-0.25, -0.2) is 4.99 Å². The lowest BCUT2D eigenvalue weighted by molar-refractivity contribution is 1.35. The number of hydrogen-bond acceptors (Lipinski definition) is 3. The number of hydrogen-bond donors (Lipinski definition) is 1. The Hall–Kier alpha value is -1.45. The summed E-state index contributed by atoms with van der Waals surface area (Å²) in [5.74, 6) is 0.947. The second-order valence-electron chi connectivity index (χ2n) is 3.97. The molecule has 2 nitrogen and oxygen atoms in total. The number of nitrogens with one attached hydrogen (secondary N) is 1. The Bertz CT molecular complexity index is 610. The Morgan fingerprint density at radius 3 is 2.89 bits per heavy atom. The second-order valence-corrected chi connectivity index (χ2v) is 5.37. The fraction of sp³-hybridized carbons (Fsp3) is 0.0714. The van der Waals surface area contributed by atoms with Crippen LogP contribution in [0.1, 0.15) is 5.56 Å². The molecule has 0 amide bonds. The molecule has 0 aliphatic carbocycles. The number of halogens is 1. The zero-order valence-corrected chi connectivity index (χ0v) is 11.1.